The number of anilines is 1. The number of hydrogen-bond acceptors (Lipinski definition) is 7. The Hall–Kier alpha value is -4.77. The molecule has 0 aliphatic carbocycles. The number of aryl methyl sites for hydroxylation is 1. The molecular weight excluding hydrogens is 517 g/mol. The molecule has 0 bridgehead atoms. The van der Waals surface area contributed by atoms with Crippen LogP contribution in [0.4, 0.5) is 10.1 Å². The highest BCUT2D eigenvalue weighted by Crippen LogP contribution is 2.29. The first-order chi connectivity index (χ1) is 19.0. The standard InChI is InChI=1S/C28H24FN7O2S/c1-19-4-2-5-23(16-19)36(25(37)18-35-33-27(32-34-35)24-6-3-15-39-24)26(21-11-13-30-14-12-21)28(38)31-17-20-7-9-22(29)10-8-20/h2-16,26H,17-18H2,1H3,(H,31,38)/t26-/m1/s1. The topological polar surface area (TPSA) is 106 Å². The lowest BCUT2D eigenvalue weighted by Crippen LogP contribution is -2.45. The monoisotopic (exact) mass is 541 g/mol. The highest BCUT2D eigenvalue weighted by Gasteiger charge is 2.33. The molecule has 0 saturated carbocycles. The van der Waals surface area contributed by atoms with Gasteiger partial charge in [-0.3, -0.25) is 19.5 Å². The Labute approximate surface area is 227 Å². The molecule has 11 heteroatoms. The maximum absolute atomic E-state index is 13.9. The zero-order valence-corrected chi connectivity index (χ0v) is 21.8. The van der Waals surface area contributed by atoms with Crippen molar-refractivity contribution in [2.45, 2.75) is 26.1 Å². The van der Waals surface area contributed by atoms with Crippen LogP contribution in [0.2, 0.25) is 0 Å². The van der Waals surface area contributed by atoms with Crippen molar-refractivity contribution in [3.8, 4) is 10.7 Å². The van der Waals surface area contributed by atoms with Crippen LogP contribution in [0.3, 0.4) is 0 Å². The largest absolute Gasteiger partial charge is 0.350 e. The molecule has 0 radical (unpaired) electrons. The molecule has 0 spiro atoms. The third-order valence-corrected chi connectivity index (χ3v) is 6.79. The summed E-state index contributed by atoms with van der Waals surface area (Å²) < 4.78 is 13.4. The van der Waals surface area contributed by atoms with E-state index in [0.717, 1.165) is 16.0 Å². The van der Waals surface area contributed by atoms with Crippen molar-refractivity contribution >= 4 is 28.8 Å². The minimum atomic E-state index is -1.02. The van der Waals surface area contributed by atoms with Crippen LogP contribution in [0.15, 0.2) is 90.6 Å². The molecule has 0 saturated heterocycles. The van der Waals surface area contributed by atoms with Crippen LogP contribution in [0.25, 0.3) is 10.7 Å². The summed E-state index contributed by atoms with van der Waals surface area (Å²) >= 11 is 1.47. The van der Waals surface area contributed by atoms with Crippen molar-refractivity contribution in [3.63, 3.8) is 0 Å². The molecule has 3 aromatic heterocycles. The van der Waals surface area contributed by atoms with Gasteiger partial charge in [-0.05, 0) is 76.7 Å². The second-order valence-electron chi connectivity index (χ2n) is 8.75. The lowest BCUT2D eigenvalue weighted by molar-refractivity contribution is -0.127. The van der Waals surface area contributed by atoms with Gasteiger partial charge in [-0.2, -0.15) is 4.80 Å². The number of tetrazole rings is 1. The Bertz CT molecular complexity index is 1560. The number of thiophene rings is 1. The molecule has 1 N–H and O–H groups in total. The Kier molecular flexibility index (Phi) is 7.78. The number of aromatic nitrogens is 5. The summed E-state index contributed by atoms with van der Waals surface area (Å²) in [5.74, 6) is -0.761. The highest BCUT2D eigenvalue weighted by atomic mass is 32.1. The number of benzene rings is 2. The first-order valence-electron chi connectivity index (χ1n) is 12.1. The average molecular weight is 542 g/mol. The molecule has 196 valence electrons. The molecule has 0 aliphatic heterocycles. The van der Waals surface area contributed by atoms with E-state index in [2.05, 4.69) is 25.7 Å². The minimum absolute atomic E-state index is 0.158. The van der Waals surface area contributed by atoms with E-state index >= 15 is 0 Å². The SMILES string of the molecule is Cc1cccc(N(C(=O)Cn2nnc(-c3cccs3)n2)[C@@H](C(=O)NCc2ccc(F)cc2)c2ccncc2)c1. The first kappa shape index (κ1) is 25.9. The number of nitrogens with zero attached hydrogens (tertiary/aromatic N) is 6. The Morgan fingerprint density at radius 2 is 1.85 bits per heavy atom. The summed E-state index contributed by atoms with van der Waals surface area (Å²) in [4.78, 5) is 35.2. The molecule has 9 nitrogen and oxygen atoms in total. The minimum Gasteiger partial charge on any atom is -0.350 e. The third-order valence-electron chi connectivity index (χ3n) is 5.93. The van der Waals surface area contributed by atoms with Gasteiger partial charge in [0.1, 0.15) is 18.4 Å². The van der Waals surface area contributed by atoms with E-state index in [1.54, 1.807) is 42.7 Å². The van der Waals surface area contributed by atoms with E-state index in [0.29, 0.717) is 17.1 Å². The van der Waals surface area contributed by atoms with Crippen LogP contribution in [0.5, 0.6) is 0 Å². The number of nitrogens with one attached hydrogen (secondary N) is 1. The van der Waals surface area contributed by atoms with E-state index in [4.69, 9.17) is 0 Å². The van der Waals surface area contributed by atoms with E-state index < -0.39 is 17.9 Å². The van der Waals surface area contributed by atoms with Crippen molar-refractivity contribution in [3.05, 3.63) is 113 Å². The lowest BCUT2D eigenvalue weighted by Gasteiger charge is -2.31. The van der Waals surface area contributed by atoms with Crippen molar-refractivity contribution in [2.75, 3.05) is 4.90 Å². The molecule has 5 aromatic rings. The van der Waals surface area contributed by atoms with Gasteiger partial charge in [-0.15, -0.1) is 21.5 Å². The summed E-state index contributed by atoms with van der Waals surface area (Å²) in [5, 5.41) is 17.3. The molecule has 3 heterocycles. The van der Waals surface area contributed by atoms with E-state index in [1.165, 1.54) is 33.2 Å². The molecule has 2 amide bonds. The highest BCUT2D eigenvalue weighted by molar-refractivity contribution is 7.13. The van der Waals surface area contributed by atoms with E-state index in [-0.39, 0.29) is 18.9 Å². The summed E-state index contributed by atoms with van der Waals surface area (Å²) in [6.45, 7) is 1.83. The summed E-state index contributed by atoms with van der Waals surface area (Å²) in [6, 6.07) is 19.3. The van der Waals surface area contributed by atoms with Gasteiger partial charge in [0.05, 0.1) is 4.88 Å². The molecule has 39 heavy (non-hydrogen) atoms. The molecular formula is C28H24FN7O2S. The molecule has 0 fully saturated rings. The van der Waals surface area contributed by atoms with Crippen molar-refractivity contribution in [1.29, 1.82) is 0 Å². The van der Waals surface area contributed by atoms with Crippen LogP contribution in [-0.4, -0.2) is 37.0 Å². The molecule has 5 rings (SSSR count). The van der Waals surface area contributed by atoms with Gasteiger partial charge in [0.2, 0.25) is 11.7 Å². The molecule has 2 aromatic carbocycles. The molecule has 0 unspecified atom stereocenters. The normalized spacial score (nSPS) is 11.6. The lowest BCUT2D eigenvalue weighted by atomic mass is 10.0. The predicted molar refractivity (Wildman–Crippen MR) is 145 cm³/mol. The van der Waals surface area contributed by atoms with Crippen LogP contribution >= 0.6 is 11.3 Å². The Balaban J connectivity index is 1.48. The number of hydrogen-bond donors (Lipinski definition) is 1. The number of carbonyl (C=O) groups is 2. The van der Waals surface area contributed by atoms with Gasteiger partial charge in [0.25, 0.3) is 5.91 Å². The van der Waals surface area contributed by atoms with Gasteiger partial charge in [0, 0.05) is 24.6 Å². The van der Waals surface area contributed by atoms with Crippen molar-refractivity contribution < 1.29 is 14.0 Å². The van der Waals surface area contributed by atoms with E-state index in [9.17, 15) is 14.0 Å². The number of amides is 2. The fourth-order valence-corrected chi connectivity index (χ4v) is 4.73. The number of carbonyl (C=O) groups excluding carboxylic acids is 2. The second-order valence-corrected chi connectivity index (χ2v) is 9.70. The van der Waals surface area contributed by atoms with Gasteiger partial charge in [-0.25, -0.2) is 4.39 Å². The Morgan fingerprint density at radius 3 is 2.56 bits per heavy atom. The van der Waals surface area contributed by atoms with Gasteiger partial charge >= 0.3 is 0 Å². The predicted octanol–water partition coefficient (Wildman–Crippen LogP) is 4.34. The van der Waals surface area contributed by atoms with Crippen LogP contribution in [0.1, 0.15) is 22.7 Å². The first-order valence-corrected chi connectivity index (χ1v) is 13.0. The maximum Gasteiger partial charge on any atom is 0.251 e. The van der Waals surface area contributed by atoms with Gasteiger partial charge in [-0.1, -0.05) is 30.3 Å². The van der Waals surface area contributed by atoms with Crippen molar-refractivity contribution in [2.24, 2.45) is 0 Å². The quantitative estimate of drug-likeness (QED) is 0.298. The molecule has 0 aliphatic rings. The number of rotatable bonds is 9. The fourth-order valence-electron chi connectivity index (χ4n) is 4.08. The summed E-state index contributed by atoms with van der Waals surface area (Å²) in [6.07, 6.45) is 3.14. The summed E-state index contributed by atoms with van der Waals surface area (Å²) in [7, 11) is 0. The second kappa shape index (κ2) is 11.7. The smallest absolute Gasteiger partial charge is 0.251 e. The number of halogens is 1. The van der Waals surface area contributed by atoms with E-state index in [1.807, 2.05) is 42.6 Å². The number of pyridine rings is 1. The zero-order chi connectivity index (χ0) is 27.2. The maximum atomic E-state index is 13.9. The van der Waals surface area contributed by atoms with Gasteiger partial charge < -0.3 is 5.32 Å². The van der Waals surface area contributed by atoms with Crippen LogP contribution in [0, 0.1) is 12.7 Å². The van der Waals surface area contributed by atoms with Crippen molar-refractivity contribution in [1.82, 2.24) is 30.5 Å². The Morgan fingerprint density at radius 1 is 1.05 bits per heavy atom. The van der Waals surface area contributed by atoms with Gasteiger partial charge in [0.15, 0.2) is 0 Å². The van der Waals surface area contributed by atoms with Crippen LogP contribution in [-0.2, 0) is 22.7 Å². The zero-order valence-electron chi connectivity index (χ0n) is 20.9. The fraction of sp³-hybridized carbons (Fsp3) is 0.143. The summed E-state index contributed by atoms with van der Waals surface area (Å²) in [5.41, 5.74) is 2.75. The van der Waals surface area contributed by atoms with Crippen LogP contribution < -0.4 is 10.2 Å². The average Bonchev–Trinajstić information content (AvgIpc) is 3.64. The molecule has 1 atom stereocenters. The third kappa shape index (κ3) is 6.21.